The topological polar surface area (TPSA) is 23.5 Å². The van der Waals surface area contributed by atoms with Gasteiger partial charge in [-0.25, -0.2) is 0 Å². The molecule has 1 heterocycles. The van der Waals surface area contributed by atoms with E-state index in [9.17, 15) is 5.11 Å². The molecule has 0 amide bonds. The van der Waals surface area contributed by atoms with Crippen LogP contribution in [0.2, 0.25) is 17.6 Å². The number of anilines is 1. The standard InChI is InChI=1S/C38H49NOSi.CH3.2ClH.Ti/c1-6-41(7-2,33-16-24(4)15-31(36(33)40)38-20-25-17-26(21-38)19-27(18-25)22-38)37-29-11-9-8-10-28(29)35-34(37)30-14-23(3)12-13-32(30)39(35)5;;;;/h8-16,25-29,34-35,37,40H,6-7,17-22H2,1-5H3;1H3;2*1H;/q;-1;;;+2/p-2. The number of halogens is 2. The molecule has 0 aromatic heterocycles. The summed E-state index contributed by atoms with van der Waals surface area (Å²) in [5.41, 5.74) is 7.92. The molecule has 0 radical (unpaired) electrons. The van der Waals surface area contributed by atoms with Crippen LogP contribution in [0.3, 0.4) is 0 Å². The molecule has 2 nitrogen and oxygen atoms in total. The summed E-state index contributed by atoms with van der Waals surface area (Å²) in [5.74, 6) is 4.98. The van der Waals surface area contributed by atoms with Gasteiger partial charge in [0.2, 0.25) is 0 Å². The number of likely N-dealkylation sites (N-methyl/N-ethyl adjacent to an activating group) is 1. The normalized spacial score (nSPS) is 34.9. The third kappa shape index (κ3) is 5.20. The third-order valence-electron chi connectivity index (χ3n) is 13.5. The van der Waals surface area contributed by atoms with Crippen LogP contribution in [0, 0.1) is 50.9 Å². The summed E-state index contributed by atoms with van der Waals surface area (Å²) < 4.78 is 0. The maximum atomic E-state index is 12.7. The summed E-state index contributed by atoms with van der Waals surface area (Å²) in [7, 11) is 9.95. The third-order valence-corrected chi connectivity index (χ3v) is 19.5. The molecule has 5 saturated carbocycles. The van der Waals surface area contributed by atoms with Gasteiger partial charge in [-0.15, -0.1) is 0 Å². The van der Waals surface area contributed by atoms with Crippen molar-refractivity contribution in [1.29, 1.82) is 0 Å². The van der Waals surface area contributed by atoms with Gasteiger partial charge in [0, 0.05) is 36.2 Å². The molecule has 9 rings (SSSR count). The van der Waals surface area contributed by atoms with Crippen molar-refractivity contribution in [3.05, 3.63) is 84.3 Å². The van der Waals surface area contributed by atoms with Gasteiger partial charge >= 0.3 is 35.6 Å². The Bertz CT molecular complexity index is 1450. The minimum absolute atomic E-state index is 0. The van der Waals surface area contributed by atoms with Crippen LogP contribution in [0.5, 0.6) is 5.75 Å². The van der Waals surface area contributed by atoms with Crippen molar-refractivity contribution in [2.45, 2.75) is 101 Å². The van der Waals surface area contributed by atoms with Crippen molar-refractivity contribution in [2.24, 2.45) is 29.6 Å². The molecule has 4 bridgehead atoms. The van der Waals surface area contributed by atoms with E-state index < -0.39 is 25.1 Å². The first-order chi connectivity index (χ1) is 21.2. The van der Waals surface area contributed by atoms with Crippen LogP contribution < -0.4 is 10.1 Å². The predicted molar refractivity (Wildman–Crippen MR) is 192 cm³/mol. The van der Waals surface area contributed by atoms with E-state index >= 15 is 0 Å². The Labute approximate surface area is 290 Å². The number of fused-ring (bicyclic) bond motifs is 5. The Balaban J connectivity index is 0.000000861. The van der Waals surface area contributed by atoms with Crippen molar-refractivity contribution >= 4 is 37.6 Å². The second kappa shape index (κ2) is 12.8. The second-order valence-electron chi connectivity index (χ2n) is 15.5. The minimum atomic E-state index is -2.18. The maximum absolute atomic E-state index is 12.7. The van der Waals surface area contributed by atoms with Gasteiger partial charge in [0.05, 0.1) is 8.07 Å². The summed E-state index contributed by atoms with van der Waals surface area (Å²) in [6, 6.07) is 15.0. The molecule has 2 aromatic carbocycles. The molecule has 2 aromatic rings. The Morgan fingerprint density at radius 1 is 0.889 bits per heavy atom. The molecule has 7 aliphatic rings. The fourth-order valence-electron chi connectivity index (χ4n) is 12.3. The van der Waals surface area contributed by atoms with E-state index in [2.05, 4.69) is 94.3 Å². The van der Waals surface area contributed by atoms with E-state index in [4.69, 9.17) is 18.6 Å². The van der Waals surface area contributed by atoms with Gasteiger partial charge in [0.25, 0.3) is 0 Å². The number of aromatic hydroxyl groups is 1. The van der Waals surface area contributed by atoms with Gasteiger partial charge in [-0.1, -0.05) is 85.6 Å². The van der Waals surface area contributed by atoms with E-state index in [1.165, 1.54) is 78.2 Å². The van der Waals surface area contributed by atoms with Gasteiger partial charge in [0.1, 0.15) is 5.75 Å². The van der Waals surface area contributed by atoms with Gasteiger partial charge < -0.3 is 17.4 Å². The molecule has 5 unspecified atom stereocenters. The summed E-state index contributed by atoms with van der Waals surface area (Å²) in [4.78, 5) is 2.63. The zero-order valence-electron chi connectivity index (χ0n) is 28.1. The molecule has 1 N–H and O–H groups in total. The Morgan fingerprint density at radius 3 is 2.04 bits per heavy atom. The fraction of sp³-hybridized carbons (Fsp3) is 0.564. The number of phenols is 1. The molecule has 5 atom stereocenters. The monoisotopic (exact) mass is 696 g/mol. The number of hydrogen-bond acceptors (Lipinski definition) is 2. The first-order valence-corrected chi connectivity index (χ1v) is 24.0. The van der Waals surface area contributed by atoms with E-state index in [1.54, 1.807) is 5.56 Å². The molecule has 5 fully saturated rings. The molecule has 45 heavy (non-hydrogen) atoms. The number of rotatable bonds is 5. The van der Waals surface area contributed by atoms with E-state index in [0.29, 0.717) is 29.3 Å². The predicted octanol–water partition coefficient (Wildman–Crippen LogP) is 10.3. The van der Waals surface area contributed by atoms with Crippen LogP contribution in [-0.4, -0.2) is 26.3 Å². The summed E-state index contributed by atoms with van der Waals surface area (Å²) in [6.07, 6.45) is 18.0. The van der Waals surface area contributed by atoms with Crippen molar-refractivity contribution in [2.75, 3.05) is 11.9 Å². The summed E-state index contributed by atoms with van der Waals surface area (Å²) in [5, 5.41) is 14.1. The van der Waals surface area contributed by atoms with Crippen molar-refractivity contribution in [3.8, 4) is 5.75 Å². The molecule has 0 saturated heterocycles. The molecule has 242 valence electrons. The van der Waals surface area contributed by atoms with Crippen LogP contribution in [0.25, 0.3) is 0 Å². The van der Waals surface area contributed by atoms with Crippen LogP contribution >= 0.6 is 18.6 Å². The summed E-state index contributed by atoms with van der Waals surface area (Å²) in [6.45, 7) is 9.53. The first-order valence-electron chi connectivity index (χ1n) is 17.2. The van der Waals surface area contributed by atoms with Gasteiger partial charge in [-0.3, -0.25) is 0 Å². The van der Waals surface area contributed by atoms with E-state index in [-0.39, 0.29) is 12.8 Å². The quantitative estimate of drug-likeness (QED) is 0.248. The number of aryl methyl sites for hydroxylation is 2. The average molecular weight is 698 g/mol. The Kier molecular flexibility index (Phi) is 9.66. The van der Waals surface area contributed by atoms with Crippen LogP contribution in [0.4, 0.5) is 5.69 Å². The van der Waals surface area contributed by atoms with E-state index in [0.717, 1.165) is 23.5 Å². The van der Waals surface area contributed by atoms with Gasteiger partial charge in [-0.05, 0) is 104 Å². The zero-order valence-corrected chi connectivity index (χ0v) is 32.2. The molecule has 1 aliphatic heterocycles. The summed E-state index contributed by atoms with van der Waals surface area (Å²) >= 11 is -0.556. The molecular weight excluding hydrogens is 645 g/mol. The van der Waals surface area contributed by atoms with Crippen LogP contribution in [-0.2, 0) is 22.4 Å². The molecule has 6 aliphatic carbocycles. The number of nitrogens with zero attached hydrogens (tertiary/aromatic N) is 1. The molecular formula is C39H52Cl2NOSiTi-. The van der Waals surface area contributed by atoms with Crippen LogP contribution in [0.15, 0.2) is 54.6 Å². The molecule has 6 heteroatoms. The van der Waals surface area contributed by atoms with Crippen molar-refractivity contribution < 1.29 is 22.1 Å². The number of hydrogen-bond donors (Lipinski definition) is 1. The SMILES string of the molecule is CC[Si](CC)(c1cc(C)cc(C23CC4CC(CC(C4)C2)C3)c1O)C1C2C=CC=CC2C2C1c1cc(C)ccc1N2C.[CH3-].[Cl][Ti][Cl]. The fourth-order valence-corrected chi connectivity index (χ4v) is 18.1. The van der Waals surface area contributed by atoms with Gasteiger partial charge in [0.15, 0.2) is 0 Å². The van der Waals surface area contributed by atoms with Crippen molar-refractivity contribution in [1.82, 2.24) is 0 Å². The van der Waals surface area contributed by atoms with Crippen molar-refractivity contribution in [3.63, 3.8) is 0 Å². The number of benzene rings is 2. The molecule has 0 spiro atoms. The Hall–Kier alpha value is -0.969. The zero-order chi connectivity index (χ0) is 31.0. The number of phenolic OH excluding ortho intramolecular Hbond substituents is 1. The number of allylic oxidation sites excluding steroid dienone is 3. The second-order valence-corrected chi connectivity index (χ2v) is 23.0. The van der Waals surface area contributed by atoms with E-state index in [1.807, 2.05) is 0 Å². The van der Waals surface area contributed by atoms with Crippen LogP contribution in [0.1, 0.15) is 80.5 Å². The van der Waals surface area contributed by atoms with Gasteiger partial charge in [-0.2, -0.15) is 0 Å². The first kappa shape index (κ1) is 33.9. The average Bonchev–Trinajstić information content (AvgIpc) is 3.48. The Morgan fingerprint density at radius 2 is 1.47 bits per heavy atom.